The number of rotatable bonds is 4. The minimum atomic E-state index is -0.665. The second-order valence-corrected chi connectivity index (χ2v) is 14.4. The van der Waals surface area contributed by atoms with E-state index in [0.717, 1.165) is 45.1 Å². The first-order valence-electron chi connectivity index (χ1n) is 18.5. The first-order chi connectivity index (χ1) is 26.7. The second-order valence-electron chi connectivity index (χ2n) is 14.4. The zero-order chi connectivity index (χ0) is 35.7. The molecule has 0 radical (unpaired) electrons. The molecule has 0 saturated carbocycles. The molecule has 4 heteroatoms. The van der Waals surface area contributed by atoms with Crippen molar-refractivity contribution in [1.29, 1.82) is 0 Å². The lowest BCUT2D eigenvalue weighted by Gasteiger charge is -2.28. The molecule has 10 aromatic rings. The second kappa shape index (κ2) is 10.5. The highest BCUT2D eigenvalue weighted by Crippen LogP contribution is 2.60. The van der Waals surface area contributed by atoms with Gasteiger partial charge in [-0.25, -0.2) is 4.98 Å². The maximum absolute atomic E-state index is 5.43. The van der Waals surface area contributed by atoms with Crippen LogP contribution in [0.2, 0.25) is 0 Å². The molecule has 0 saturated heterocycles. The molecular weight excluding hydrogens is 657 g/mol. The largest absolute Gasteiger partial charge is 0.309 e. The van der Waals surface area contributed by atoms with Gasteiger partial charge in [-0.05, 0) is 89.0 Å². The van der Waals surface area contributed by atoms with Crippen molar-refractivity contribution < 1.29 is 0 Å². The number of hydrogen-bond donors (Lipinski definition) is 0. The Hall–Kier alpha value is -7.17. The van der Waals surface area contributed by atoms with E-state index in [1.807, 2.05) is 12.2 Å². The Labute approximate surface area is 311 Å². The zero-order valence-electron chi connectivity index (χ0n) is 29.4. The fourth-order valence-electron chi connectivity index (χ4n) is 9.92. The van der Waals surface area contributed by atoms with E-state index in [4.69, 9.17) is 4.98 Å². The Balaban J connectivity index is 1.20. The highest BCUT2D eigenvalue weighted by molar-refractivity contribution is 6.19. The number of allylic oxidation sites excluding steroid dienone is 4. The third-order valence-corrected chi connectivity index (χ3v) is 12.0. The lowest BCUT2D eigenvalue weighted by molar-refractivity contribution is 0.732. The Morgan fingerprint density at radius 1 is 0.463 bits per heavy atom. The number of benzene rings is 7. The number of imidazole rings is 1. The molecule has 0 bridgehead atoms. The number of aromatic nitrogens is 4. The topological polar surface area (TPSA) is 27.7 Å². The molecule has 7 aromatic carbocycles. The lowest BCUT2D eigenvalue weighted by atomic mass is 9.72. The van der Waals surface area contributed by atoms with Gasteiger partial charge >= 0.3 is 0 Å². The molecule has 4 heterocycles. The van der Waals surface area contributed by atoms with Gasteiger partial charge in [0.25, 0.3) is 0 Å². The van der Waals surface area contributed by atoms with Crippen LogP contribution in [0.25, 0.3) is 77.3 Å². The molecule has 252 valence electrons. The fourth-order valence-corrected chi connectivity index (χ4v) is 9.92. The molecular formula is C50H32N4. The van der Waals surface area contributed by atoms with Gasteiger partial charge in [0.2, 0.25) is 0 Å². The summed E-state index contributed by atoms with van der Waals surface area (Å²) in [6.45, 7) is 8.73. The Morgan fingerprint density at radius 2 is 1.07 bits per heavy atom. The van der Waals surface area contributed by atoms with Crippen molar-refractivity contribution in [2.45, 2.75) is 5.41 Å². The van der Waals surface area contributed by atoms with Gasteiger partial charge in [0.05, 0.1) is 38.8 Å². The van der Waals surface area contributed by atoms with E-state index in [0.29, 0.717) is 0 Å². The monoisotopic (exact) mass is 688 g/mol. The van der Waals surface area contributed by atoms with Crippen molar-refractivity contribution in [2.75, 3.05) is 0 Å². The van der Waals surface area contributed by atoms with Crippen molar-refractivity contribution in [3.63, 3.8) is 0 Å². The third-order valence-electron chi connectivity index (χ3n) is 12.0. The van der Waals surface area contributed by atoms with Crippen LogP contribution >= 0.6 is 0 Å². The quantitative estimate of drug-likeness (QED) is 0.181. The van der Waals surface area contributed by atoms with Crippen LogP contribution in [0.5, 0.6) is 0 Å². The maximum atomic E-state index is 5.43. The molecule has 1 aliphatic carbocycles. The van der Waals surface area contributed by atoms with Crippen molar-refractivity contribution >= 4 is 60.2 Å². The summed E-state index contributed by atoms with van der Waals surface area (Å²) in [6.07, 6.45) is 4.02. The lowest BCUT2D eigenvalue weighted by Crippen LogP contribution is -2.28. The number of para-hydroxylation sites is 5. The maximum Gasteiger partial charge on any atom is 0.134 e. The van der Waals surface area contributed by atoms with E-state index < -0.39 is 5.41 Å². The molecule has 1 aliphatic heterocycles. The molecule has 1 spiro atoms. The first kappa shape index (κ1) is 29.4. The molecule has 1 atom stereocenters. The molecule has 4 nitrogen and oxygen atoms in total. The average Bonchev–Trinajstić information content (AvgIpc) is 4.00. The van der Waals surface area contributed by atoms with Gasteiger partial charge in [0.15, 0.2) is 0 Å². The summed E-state index contributed by atoms with van der Waals surface area (Å²) in [5.41, 5.74) is 15.3. The number of fused-ring (bicyclic) bond motifs is 15. The van der Waals surface area contributed by atoms with E-state index in [-0.39, 0.29) is 0 Å². The average molecular weight is 689 g/mol. The van der Waals surface area contributed by atoms with E-state index >= 15 is 0 Å². The Morgan fingerprint density at radius 3 is 1.78 bits per heavy atom. The third kappa shape index (κ3) is 3.46. The Bertz CT molecular complexity index is 3310. The van der Waals surface area contributed by atoms with Crippen molar-refractivity contribution in [3.05, 3.63) is 211 Å². The summed E-state index contributed by atoms with van der Waals surface area (Å²) in [6, 6.07) is 57.3. The minimum Gasteiger partial charge on any atom is -0.309 e. The minimum absolute atomic E-state index is 0.665. The van der Waals surface area contributed by atoms with Crippen LogP contribution in [0.4, 0.5) is 0 Å². The Kier molecular flexibility index (Phi) is 5.70. The van der Waals surface area contributed by atoms with Crippen LogP contribution in [0.15, 0.2) is 189 Å². The van der Waals surface area contributed by atoms with Crippen LogP contribution in [-0.2, 0) is 5.41 Å². The zero-order valence-corrected chi connectivity index (χ0v) is 29.4. The summed E-state index contributed by atoms with van der Waals surface area (Å²) >= 11 is 0. The highest BCUT2D eigenvalue weighted by atomic mass is 15.1. The summed E-state index contributed by atoms with van der Waals surface area (Å²) in [4.78, 5) is 5.43. The van der Waals surface area contributed by atoms with Crippen LogP contribution in [0.3, 0.4) is 0 Å². The summed E-state index contributed by atoms with van der Waals surface area (Å²) < 4.78 is 7.23. The van der Waals surface area contributed by atoms with Crippen LogP contribution in [-0.4, -0.2) is 18.7 Å². The first-order valence-corrected chi connectivity index (χ1v) is 18.5. The van der Waals surface area contributed by atoms with Crippen molar-refractivity contribution in [2.24, 2.45) is 0 Å². The highest BCUT2D eigenvalue weighted by Gasteiger charge is 2.54. The molecule has 3 aromatic heterocycles. The van der Waals surface area contributed by atoms with Crippen LogP contribution in [0.1, 0.15) is 22.5 Å². The molecule has 2 aliphatic rings. The van der Waals surface area contributed by atoms with E-state index in [1.165, 1.54) is 60.3 Å². The molecule has 0 amide bonds. The van der Waals surface area contributed by atoms with Gasteiger partial charge < -0.3 is 9.13 Å². The normalized spacial score (nSPS) is 15.9. The van der Waals surface area contributed by atoms with E-state index in [2.05, 4.69) is 185 Å². The van der Waals surface area contributed by atoms with Gasteiger partial charge in [-0.1, -0.05) is 116 Å². The van der Waals surface area contributed by atoms with E-state index in [1.54, 1.807) is 0 Å². The molecule has 12 rings (SSSR count). The van der Waals surface area contributed by atoms with Gasteiger partial charge in [0.1, 0.15) is 11.2 Å². The summed E-state index contributed by atoms with van der Waals surface area (Å²) in [5.74, 6) is 0.993. The molecule has 1 unspecified atom stereocenters. The standard InChI is InChI=1S/C50H32N4/c1-3-33-34-18-8-11-21-40(34)50(39(33)4-2)41-28-32(26-27-45(41)54-46-25-15-12-22-42(46)51-49(50)54)53-44-24-14-10-20-36(44)38-29-47-37(30-48(38)53)35-19-9-13-23-43(35)52(47)31-16-6-5-7-17-31/h3-30H,1-2H2. The SMILES string of the molecule is C=CC1=C(C=C)C2(c3ccccc31)c1cc(-n3c4ccccc4c4cc5c(cc43)c3ccccc3n5-c3ccccc3)ccc1-n1c2nc2ccccc21. The molecule has 0 fully saturated rings. The predicted molar refractivity (Wildman–Crippen MR) is 223 cm³/mol. The number of nitrogens with zero attached hydrogens (tertiary/aromatic N) is 4. The van der Waals surface area contributed by atoms with Crippen LogP contribution in [0, 0.1) is 0 Å². The van der Waals surface area contributed by atoms with Gasteiger partial charge in [-0.15, -0.1) is 0 Å². The van der Waals surface area contributed by atoms with E-state index in [9.17, 15) is 0 Å². The van der Waals surface area contributed by atoms with Gasteiger partial charge in [0, 0.05) is 38.5 Å². The smallest absolute Gasteiger partial charge is 0.134 e. The molecule has 0 N–H and O–H groups in total. The predicted octanol–water partition coefficient (Wildman–Crippen LogP) is 12.0. The fraction of sp³-hybridized carbons (Fsp3) is 0.0200. The van der Waals surface area contributed by atoms with Crippen molar-refractivity contribution in [3.8, 4) is 17.1 Å². The summed E-state index contributed by atoms with van der Waals surface area (Å²) in [5, 5.41) is 4.91. The number of hydrogen-bond acceptors (Lipinski definition) is 1. The molecule has 54 heavy (non-hydrogen) atoms. The van der Waals surface area contributed by atoms with Gasteiger partial charge in [-0.2, -0.15) is 0 Å². The van der Waals surface area contributed by atoms with Gasteiger partial charge in [-0.3, -0.25) is 4.57 Å². The van der Waals surface area contributed by atoms with Crippen LogP contribution < -0.4 is 0 Å². The summed E-state index contributed by atoms with van der Waals surface area (Å²) in [7, 11) is 0. The van der Waals surface area contributed by atoms with Crippen molar-refractivity contribution in [1.82, 2.24) is 18.7 Å².